The van der Waals surface area contributed by atoms with Gasteiger partial charge in [0.1, 0.15) is 11.6 Å². The monoisotopic (exact) mass is 490 g/mol. The fourth-order valence-corrected chi connectivity index (χ4v) is 3.87. The van der Waals surface area contributed by atoms with Crippen LogP contribution in [0.5, 0.6) is 11.8 Å². The van der Waals surface area contributed by atoms with Crippen molar-refractivity contribution in [2.75, 3.05) is 37.5 Å². The Bertz CT molecular complexity index is 1170. The van der Waals surface area contributed by atoms with E-state index in [1.165, 1.54) is 20.3 Å². The molecule has 3 heterocycles. The quantitative estimate of drug-likeness (QED) is 0.542. The molecule has 0 amide bonds. The van der Waals surface area contributed by atoms with Crippen molar-refractivity contribution in [3.05, 3.63) is 42.4 Å². The van der Waals surface area contributed by atoms with E-state index in [2.05, 4.69) is 30.2 Å². The minimum absolute atomic E-state index is 0.0437. The van der Waals surface area contributed by atoms with E-state index in [0.29, 0.717) is 30.0 Å². The molecule has 1 aliphatic heterocycles. The van der Waals surface area contributed by atoms with Crippen LogP contribution in [0.25, 0.3) is 11.1 Å². The number of anilines is 3. The zero-order valence-corrected chi connectivity index (χ0v) is 19.6. The van der Waals surface area contributed by atoms with Crippen LogP contribution in [-0.2, 0) is 10.9 Å². The maximum atomic E-state index is 13.3. The van der Waals surface area contributed by atoms with Gasteiger partial charge in [-0.3, -0.25) is 0 Å². The van der Waals surface area contributed by atoms with Crippen LogP contribution in [0.2, 0.25) is 0 Å². The molecule has 186 valence electrons. The Labute approximate surface area is 200 Å². The predicted molar refractivity (Wildman–Crippen MR) is 123 cm³/mol. The van der Waals surface area contributed by atoms with Crippen molar-refractivity contribution in [3.8, 4) is 22.9 Å². The summed E-state index contributed by atoms with van der Waals surface area (Å²) in [5.41, 5.74) is 0.635. The highest BCUT2D eigenvalue weighted by molar-refractivity contribution is 5.76. The van der Waals surface area contributed by atoms with Crippen LogP contribution in [0.4, 0.5) is 30.6 Å². The topological polar surface area (TPSA) is 94.5 Å². The summed E-state index contributed by atoms with van der Waals surface area (Å²) in [6.45, 7) is 5.08. The van der Waals surface area contributed by atoms with Crippen LogP contribution >= 0.6 is 0 Å². The molecule has 1 fully saturated rings. The third-order valence-electron chi connectivity index (χ3n) is 5.34. The molecule has 2 atom stereocenters. The standard InChI is InChI=1S/C23H25F3N6O3/c1-13-11-32(12-14(2)35-13)20-19(15-8-28-22(34-4)29-9-15)10-27-21(31-20)30-17-5-16(23(24,25)26)6-18(7-17)33-3/h5-10,13-14H,11-12H2,1-4H3,(H,27,30,31). The number of aromatic nitrogens is 4. The smallest absolute Gasteiger partial charge is 0.416 e. The maximum absolute atomic E-state index is 13.3. The summed E-state index contributed by atoms with van der Waals surface area (Å²) < 4.78 is 56.0. The van der Waals surface area contributed by atoms with Gasteiger partial charge >= 0.3 is 12.2 Å². The maximum Gasteiger partial charge on any atom is 0.416 e. The first-order chi connectivity index (χ1) is 16.7. The third kappa shape index (κ3) is 5.70. The normalized spacial score (nSPS) is 18.3. The summed E-state index contributed by atoms with van der Waals surface area (Å²) in [7, 11) is 2.78. The summed E-state index contributed by atoms with van der Waals surface area (Å²) in [4.78, 5) is 19.4. The van der Waals surface area contributed by atoms with E-state index in [9.17, 15) is 13.2 Å². The minimum Gasteiger partial charge on any atom is -0.497 e. The predicted octanol–water partition coefficient (Wildman–Crippen LogP) is 4.33. The number of hydrogen-bond donors (Lipinski definition) is 1. The molecule has 1 aliphatic rings. The van der Waals surface area contributed by atoms with Gasteiger partial charge in [0.25, 0.3) is 0 Å². The Morgan fingerprint density at radius 3 is 2.26 bits per heavy atom. The summed E-state index contributed by atoms with van der Waals surface area (Å²) in [5, 5.41) is 2.88. The van der Waals surface area contributed by atoms with E-state index in [4.69, 9.17) is 14.2 Å². The average molecular weight is 490 g/mol. The van der Waals surface area contributed by atoms with Crippen molar-refractivity contribution in [1.82, 2.24) is 19.9 Å². The highest BCUT2D eigenvalue weighted by atomic mass is 19.4. The second-order valence-electron chi connectivity index (χ2n) is 8.12. The molecule has 0 aliphatic carbocycles. The fourth-order valence-electron chi connectivity index (χ4n) is 3.87. The highest BCUT2D eigenvalue weighted by Gasteiger charge is 2.32. The molecule has 35 heavy (non-hydrogen) atoms. The lowest BCUT2D eigenvalue weighted by Gasteiger charge is -2.37. The molecule has 12 heteroatoms. The van der Waals surface area contributed by atoms with Gasteiger partial charge in [-0.25, -0.2) is 15.0 Å². The zero-order valence-electron chi connectivity index (χ0n) is 19.6. The largest absolute Gasteiger partial charge is 0.497 e. The third-order valence-corrected chi connectivity index (χ3v) is 5.34. The van der Waals surface area contributed by atoms with Crippen LogP contribution in [0.1, 0.15) is 19.4 Å². The van der Waals surface area contributed by atoms with E-state index in [0.717, 1.165) is 12.1 Å². The highest BCUT2D eigenvalue weighted by Crippen LogP contribution is 2.36. The van der Waals surface area contributed by atoms with E-state index in [-0.39, 0.29) is 35.6 Å². The van der Waals surface area contributed by atoms with Gasteiger partial charge in [0.2, 0.25) is 5.95 Å². The lowest BCUT2D eigenvalue weighted by atomic mass is 10.1. The number of nitrogens with zero attached hydrogens (tertiary/aromatic N) is 5. The first kappa shape index (κ1) is 24.5. The van der Waals surface area contributed by atoms with Crippen molar-refractivity contribution >= 4 is 17.5 Å². The Morgan fingerprint density at radius 2 is 1.66 bits per heavy atom. The average Bonchev–Trinajstić information content (AvgIpc) is 2.82. The van der Waals surface area contributed by atoms with Gasteiger partial charge in [0.15, 0.2) is 0 Å². The molecule has 0 bridgehead atoms. The van der Waals surface area contributed by atoms with Gasteiger partial charge in [-0.2, -0.15) is 18.2 Å². The van der Waals surface area contributed by atoms with Crippen molar-refractivity contribution in [2.24, 2.45) is 0 Å². The van der Waals surface area contributed by atoms with Crippen molar-refractivity contribution in [2.45, 2.75) is 32.2 Å². The van der Waals surface area contributed by atoms with Gasteiger partial charge in [-0.15, -0.1) is 0 Å². The Kier molecular flexibility index (Phi) is 6.92. The molecule has 0 spiro atoms. The summed E-state index contributed by atoms with van der Waals surface area (Å²) in [6, 6.07) is 3.58. The van der Waals surface area contributed by atoms with Gasteiger partial charge in [0, 0.05) is 54.6 Å². The first-order valence-corrected chi connectivity index (χ1v) is 10.8. The molecule has 3 aromatic rings. The molecular weight excluding hydrogens is 465 g/mol. The van der Waals surface area contributed by atoms with Crippen molar-refractivity contribution in [3.63, 3.8) is 0 Å². The molecule has 9 nitrogen and oxygen atoms in total. The number of benzene rings is 1. The molecule has 4 rings (SSSR count). The lowest BCUT2D eigenvalue weighted by Crippen LogP contribution is -2.46. The molecule has 1 saturated heterocycles. The fraction of sp³-hybridized carbons (Fsp3) is 0.391. The minimum atomic E-state index is -4.53. The van der Waals surface area contributed by atoms with Crippen LogP contribution in [0.3, 0.4) is 0 Å². The molecule has 1 N–H and O–H groups in total. The second kappa shape index (κ2) is 9.90. The molecule has 0 radical (unpaired) electrons. The summed E-state index contributed by atoms with van der Waals surface area (Å²) in [5.74, 6) is 0.772. The lowest BCUT2D eigenvalue weighted by molar-refractivity contribution is -0.137. The number of morpholine rings is 1. The van der Waals surface area contributed by atoms with E-state index in [1.54, 1.807) is 18.6 Å². The molecular formula is C23H25F3N6O3. The number of nitrogens with one attached hydrogen (secondary N) is 1. The van der Waals surface area contributed by atoms with E-state index in [1.807, 2.05) is 13.8 Å². The molecule has 2 unspecified atom stereocenters. The van der Waals surface area contributed by atoms with Crippen LogP contribution in [0, 0.1) is 0 Å². The Balaban J connectivity index is 1.74. The van der Waals surface area contributed by atoms with E-state index >= 15 is 0 Å². The summed E-state index contributed by atoms with van der Waals surface area (Å²) in [6.07, 6.45) is 0.175. The molecule has 1 aromatic carbocycles. The van der Waals surface area contributed by atoms with Gasteiger partial charge in [0.05, 0.1) is 32.0 Å². The number of ether oxygens (including phenoxy) is 3. The number of alkyl halides is 3. The Hall–Kier alpha value is -3.67. The van der Waals surface area contributed by atoms with Crippen LogP contribution < -0.4 is 19.7 Å². The van der Waals surface area contributed by atoms with Gasteiger partial charge in [-0.1, -0.05) is 0 Å². The number of hydrogen-bond acceptors (Lipinski definition) is 9. The summed E-state index contributed by atoms with van der Waals surface area (Å²) >= 11 is 0. The van der Waals surface area contributed by atoms with Crippen LogP contribution in [-0.4, -0.2) is 59.5 Å². The van der Waals surface area contributed by atoms with Crippen molar-refractivity contribution in [1.29, 1.82) is 0 Å². The van der Waals surface area contributed by atoms with Crippen LogP contribution in [0.15, 0.2) is 36.8 Å². The zero-order chi connectivity index (χ0) is 25.2. The van der Waals surface area contributed by atoms with E-state index < -0.39 is 11.7 Å². The first-order valence-electron chi connectivity index (χ1n) is 10.8. The van der Waals surface area contributed by atoms with Crippen molar-refractivity contribution < 1.29 is 27.4 Å². The SMILES string of the molecule is COc1cc(Nc2ncc(-c3cnc(OC)nc3)c(N3CC(C)OC(C)C3)n2)cc(C(F)(F)F)c1. The number of rotatable bonds is 6. The molecule has 0 saturated carbocycles. The molecule has 2 aromatic heterocycles. The Morgan fingerprint density at radius 1 is 0.971 bits per heavy atom. The number of halogens is 3. The van der Waals surface area contributed by atoms with Gasteiger partial charge < -0.3 is 24.4 Å². The second-order valence-corrected chi connectivity index (χ2v) is 8.12. The number of methoxy groups -OCH3 is 2. The van der Waals surface area contributed by atoms with Gasteiger partial charge in [-0.05, 0) is 26.0 Å².